The van der Waals surface area contributed by atoms with Crippen LogP contribution in [-0.4, -0.2) is 48.5 Å². The van der Waals surface area contributed by atoms with Gasteiger partial charge < -0.3 is 9.64 Å². The molecule has 0 aromatic carbocycles. The van der Waals surface area contributed by atoms with Crippen LogP contribution in [0.15, 0.2) is 4.99 Å². The highest BCUT2D eigenvalue weighted by atomic mass is 32.2. The Morgan fingerprint density at radius 3 is 3.14 bits per heavy atom. The summed E-state index contributed by atoms with van der Waals surface area (Å²) in [5, 5.41) is 0.863. The van der Waals surface area contributed by atoms with Gasteiger partial charge >= 0.3 is 0 Å². The third-order valence-corrected chi connectivity index (χ3v) is 3.48. The molecule has 1 amide bonds. The molecule has 1 saturated heterocycles. The lowest BCUT2D eigenvalue weighted by atomic mass is 10.1. The standard InChI is InChI=1S/C9H14N2O2S/c1-11(4-7-2-3-13-5-7)9-10-8(12)6-14-9/h7H,2-6H2,1H3. The first kappa shape index (κ1) is 9.98. The summed E-state index contributed by atoms with van der Waals surface area (Å²) >= 11 is 1.53. The second-order valence-corrected chi connectivity index (χ2v) is 4.63. The third-order valence-electron chi connectivity index (χ3n) is 2.43. The highest BCUT2D eigenvalue weighted by Gasteiger charge is 2.22. The molecule has 1 fully saturated rings. The Morgan fingerprint density at radius 2 is 2.57 bits per heavy atom. The van der Waals surface area contributed by atoms with Gasteiger partial charge in [0, 0.05) is 26.1 Å². The Kier molecular flexibility index (Phi) is 3.08. The zero-order valence-electron chi connectivity index (χ0n) is 8.23. The lowest BCUT2D eigenvalue weighted by molar-refractivity contribution is -0.115. The minimum atomic E-state index is -0.0143. The molecule has 0 bridgehead atoms. The smallest absolute Gasteiger partial charge is 0.258 e. The number of aliphatic imine (C=N–C) groups is 1. The van der Waals surface area contributed by atoms with Crippen molar-refractivity contribution in [3.63, 3.8) is 0 Å². The Labute approximate surface area is 87.7 Å². The summed E-state index contributed by atoms with van der Waals surface area (Å²) in [4.78, 5) is 17.0. The molecule has 2 heterocycles. The van der Waals surface area contributed by atoms with E-state index in [4.69, 9.17) is 4.74 Å². The molecule has 0 saturated carbocycles. The van der Waals surface area contributed by atoms with Crippen LogP contribution >= 0.6 is 11.8 Å². The summed E-state index contributed by atoms with van der Waals surface area (Å²) in [6.07, 6.45) is 1.12. The van der Waals surface area contributed by atoms with Crippen molar-refractivity contribution in [1.82, 2.24) is 4.90 Å². The molecule has 78 valence electrons. The zero-order valence-corrected chi connectivity index (χ0v) is 9.05. The molecule has 2 aliphatic heterocycles. The second kappa shape index (κ2) is 4.31. The van der Waals surface area contributed by atoms with Crippen LogP contribution in [0.4, 0.5) is 0 Å². The van der Waals surface area contributed by atoms with Crippen LogP contribution in [-0.2, 0) is 9.53 Å². The number of carbonyl (C=O) groups excluding carboxylic acids is 1. The van der Waals surface area contributed by atoms with Gasteiger partial charge in [0.05, 0.1) is 12.4 Å². The Balaban J connectivity index is 1.85. The maximum atomic E-state index is 10.9. The van der Waals surface area contributed by atoms with Gasteiger partial charge in [0.2, 0.25) is 0 Å². The molecular weight excluding hydrogens is 200 g/mol. The molecule has 4 nitrogen and oxygen atoms in total. The van der Waals surface area contributed by atoms with E-state index >= 15 is 0 Å². The van der Waals surface area contributed by atoms with Gasteiger partial charge in [-0.2, -0.15) is 4.99 Å². The molecule has 0 aromatic rings. The zero-order chi connectivity index (χ0) is 9.97. The lowest BCUT2D eigenvalue weighted by Crippen LogP contribution is -2.29. The van der Waals surface area contributed by atoms with Crippen LogP contribution in [0.3, 0.4) is 0 Å². The fourth-order valence-corrected chi connectivity index (χ4v) is 2.46. The molecule has 0 radical (unpaired) electrons. The fraction of sp³-hybridized carbons (Fsp3) is 0.778. The average molecular weight is 214 g/mol. The first-order valence-electron chi connectivity index (χ1n) is 4.79. The summed E-state index contributed by atoms with van der Waals surface area (Å²) in [5.41, 5.74) is 0. The van der Waals surface area contributed by atoms with Crippen LogP contribution in [0.1, 0.15) is 6.42 Å². The number of rotatable bonds is 2. The lowest BCUT2D eigenvalue weighted by Gasteiger charge is -2.20. The molecule has 1 atom stereocenters. The molecule has 2 aliphatic rings. The fourth-order valence-electron chi connectivity index (χ4n) is 1.69. The van der Waals surface area contributed by atoms with Gasteiger partial charge in [0.1, 0.15) is 0 Å². The second-order valence-electron chi connectivity index (χ2n) is 3.69. The maximum Gasteiger partial charge on any atom is 0.258 e. The summed E-state index contributed by atoms with van der Waals surface area (Å²) in [7, 11) is 1.99. The first-order valence-corrected chi connectivity index (χ1v) is 5.77. The number of ether oxygens (including phenoxy) is 1. The largest absolute Gasteiger partial charge is 0.381 e. The molecule has 0 spiro atoms. The summed E-state index contributed by atoms with van der Waals surface area (Å²) in [6.45, 7) is 2.66. The van der Waals surface area contributed by atoms with Crippen LogP contribution < -0.4 is 0 Å². The molecular formula is C9H14N2O2S. The van der Waals surface area contributed by atoms with Crippen molar-refractivity contribution in [3.8, 4) is 0 Å². The van der Waals surface area contributed by atoms with Gasteiger partial charge in [0.25, 0.3) is 5.91 Å². The molecule has 5 heteroatoms. The Morgan fingerprint density at radius 1 is 1.71 bits per heavy atom. The van der Waals surface area contributed by atoms with E-state index in [-0.39, 0.29) is 5.91 Å². The van der Waals surface area contributed by atoms with Gasteiger partial charge in [-0.15, -0.1) is 0 Å². The van der Waals surface area contributed by atoms with Crippen LogP contribution in [0.25, 0.3) is 0 Å². The van der Waals surface area contributed by atoms with Crippen molar-refractivity contribution in [2.45, 2.75) is 6.42 Å². The van der Waals surface area contributed by atoms with Crippen molar-refractivity contribution >= 4 is 22.8 Å². The van der Waals surface area contributed by atoms with Gasteiger partial charge in [-0.25, -0.2) is 0 Å². The number of nitrogens with zero attached hydrogens (tertiary/aromatic N) is 2. The molecule has 1 unspecified atom stereocenters. The van der Waals surface area contributed by atoms with E-state index in [0.29, 0.717) is 11.7 Å². The van der Waals surface area contributed by atoms with Gasteiger partial charge in [-0.3, -0.25) is 4.79 Å². The summed E-state index contributed by atoms with van der Waals surface area (Å²) in [6, 6.07) is 0. The predicted molar refractivity (Wildman–Crippen MR) is 56.5 cm³/mol. The minimum Gasteiger partial charge on any atom is -0.381 e. The summed E-state index contributed by atoms with van der Waals surface area (Å²) < 4.78 is 5.30. The number of hydrogen-bond acceptors (Lipinski definition) is 4. The van der Waals surface area contributed by atoms with Gasteiger partial charge in [0.15, 0.2) is 5.17 Å². The van der Waals surface area contributed by atoms with Crippen LogP contribution in [0, 0.1) is 5.92 Å². The molecule has 0 aromatic heterocycles. The SMILES string of the molecule is CN(CC1CCOC1)C1=NC(=O)CS1. The van der Waals surface area contributed by atoms with Crippen LogP contribution in [0.2, 0.25) is 0 Å². The van der Waals surface area contributed by atoms with Crippen LogP contribution in [0.5, 0.6) is 0 Å². The number of amides is 1. The maximum absolute atomic E-state index is 10.9. The van der Waals surface area contributed by atoms with Crippen molar-refractivity contribution in [2.24, 2.45) is 10.9 Å². The van der Waals surface area contributed by atoms with Gasteiger partial charge in [-0.05, 0) is 6.42 Å². The quantitative estimate of drug-likeness (QED) is 0.674. The Hall–Kier alpha value is -0.550. The van der Waals surface area contributed by atoms with E-state index in [1.165, 1.54) is 11.8 Å². The first-order chi connectivity index (χ1) is 6.75. The van der Waals surface area contributed by atoms with Gasteiger partial charge in [-0.1, -0.05) is 11.8 Å². The molecule has 0 N–H and O–H groups in total. The average Bonchev–Trinajstić information content (AvgIpc) is 2.75. The van der Waals surface area contributed by atoms with E-state index in [1.807, 2.05) is 7.05 Å². The van der Waals surface area contributed by atoms with E-state index in [2.05, 4.69) is 9.89 Å². The molecule has 14 heavy (non-hydrogen) atoms. The normalized spacial score (nSPS) is 26.8. The number of hydrogen-bond donors (Lipinski definition) is 0. The van der Waals surface area contributed by atoms with Crippen molar-refractivity contribution in [3.05, 3.63) is 0 Å². The van der Waals surface area contributed by atoms with E-state index in [9.17, 15) is 4.79 Å². The molecule has 2 rings (SSSR count). The van der Waals surface area contributed by atoms with E-state index < -0.39 is 0 Å². The predicted octanol–water partition coefficient (Wildman–Crippen LogP) is 0.584. The van der Waals surface area contributed by atoms with E-state index in [0.717, 1.165) is 31.3 Å². The van der Waals surface area contributed by atoms with Crippen molar-refractivity contribution < 1.29 is 9.53 Å². The van der Waals surface area contributed by atoms with Crippen molar-refractivity contribution in [1.29, 1.82) is 0 Å². The number of carbonyl (C=O) groups is 1. The Bertz CT molecular complexity index is 262. The summed E-state index contributed by atoms with van der Waals surface area (Å²) in [5.74, 6) is 1.08. The van der Waals surface area contributed by atoms with E-state index in [1.54, 1.807) is 0 Å². The highest BCUT2D eigenvalue weighted by Crippen LogP contribution is 2.19. The van der Waals surface area contributed by atoms with Crippen molar-refractivity contribution in [2.75, 3.05) is 32.6 Å². The topological polar surface area (TPSA) is 41.9 Å². The minimum absolute atomic E-state index is 0.0143. The number of thioether (sulfide) groups is 1. The molecule has 0 aliphatic carbocycles. The monoisotopic (exact) mass is 214 g/mol. The number of amidine groups is 1. The highest BCUT2D eigenvalue weighted by molar-refractivity contribution is 8.14. The third kappa shape index (κ3) is 2.27.